The summed E-state index contributed by atoms with van der Waals surface area (Å²) in [6.07, 6.45) is 2.19. The van der Waals surface area contributed by atoms with Crippen LogP contribution < -0.4 is 0 Å². The Kier molecular flexibility index (Phi) is 4.03. The fourth-order valence-corrected chi connectivity index (χ4v) is 5.39. The minimum Gasteiger partial charge on any atom is -0.317 e. The molecule has 0 amide bonds. The fraction of sp³-hybridized carbons (Fsp3) is 0.103. The highest BCUT2D eigenvalue weighted by molar-refractivity contribution is 9.10. The number of nitrogens with zero attached hydrogens (tertiary/aromatic N) is 1. The molecule has 0 fully saturated rings. The van der Waals surface area contributed by atoms with Gasteiger partial charge < -0.3 is 4.57 Å². The van der Waals surface area contributed by atoms with Crippen LogP contribution in [0, 0.1) is 0 Å². The summed E-state index contributed by atoms with van der Waals surface area (Å²) >= 11 is 3.65. The van der Waals surface area contributed by atoms with E-state index < -0.39 is 0 Å². The van der Waals surface area contributed by atoms with E-state index in [9.17, 15) is 0 Å². The number of hydrogen-bond donors (Lipinski definition) is 0. The van der Waals surface area contributed by atoms with E-state index in [0.29, 0.717) is 0 Å². The Morgan fingerprint density at radius 3 is 2.23 bits per heavy atom. The zero-order valence-electron chi connectivity index (χ0n) is 17.6. The molecular formula is C29H22BrN. The lowest BCUT2D eigenvalue weighted by Gasteiger charge is -2.22. The summed E-state index contributed by atoms with van der Waals surface area (Å²) in [7, 11) is 0. The average molecular weight is 464 g/mol. The summed E-state index contributed by atoms with van der Waals surface area (Å²) in [6.45, 7) is 4.65. The van der Waals surface area contributed by atoms with Gasteiger partial charge in [-0.1, -0.05) is 78.3 Å². The number of hydrogen-bond acceptors (Lipinski definition) is 0. The van der Waals surface area contributed by atoms with E-state index in [1.807, 2.05) is 0 Å². The lowest BCUT2D eigenvalue weighted by Crippen LogP contribution is -2.15. The SMILES string of the molecule is CC1(C)c2cc(Br)ccc2-c2ccc(-n3ccc4cc(-c5ccccc5)ccc43)cc21. The first kappa shape index (κ1) is 18.7. The molecule has 0 unspecified atom stereocenters. The number of halogens is 1. The van der Waals surface area contributed by atoms with Crippen molar-refractivity contribution in [1.29, 1.82) is 0 Å². The maximum absolute atomic E-state index is 3.65. The van der Waals surface area contributed by atoms with Crippen molar-refractivity contribution in [3.05, 3.63) is 113 Å². The molecule has 1 aliphatic rings. The van der Waals surface area contributed by atoms with Gasteiger partial charge in [0.05, 0.1) is 5.52 Å². The molecule has 0 radical (unpaired) electrons. The van der Waals surface area contributed by atoms with Crippen LogP contribution in [0.2, 0.25) is 0 Å². The number of rotatable bonds is 2. The molecule has 1 nitrogen and oxygen atoms in total. The molecule has 0 spiro atoms. The Labute approximate surface area is 191 Å². The molecule has 4 aromatic carbocycles. The van der Waals surface area contributed by atoms with Crippen molar-refractivity contribution in [3.8, 4) is 27.9 Å². The first-order valence-corrected chi connectivity index (χ1v) is 11.4. The van der Waals surface area contributed by atoms with Crippen LogP contribution in [-0.2, 0) is 5.41 Å². The van der Waals surface area contributed by atoms with Crippen LogP contribution >= 0.6 is 15.9 Å². The molecule has 0 bridgehead atoms. The molecule has 0 atom stereocenters. The van der Waals surface area contributed by atoms with Gasteiger partial charge in [0.25, 0.3) is 0 Å². The van der Waals surface area contributed by atoms with E-state index in [4.69, 9.17) is 0 Å². The van der Waals surface area contributed by atoms with Crippen LogP contribution in [0.4, 0.5) is 0 Å². The number of fused-ring (bicyclic) bond motifs is 4. The van der Waals surface area contributed by atoms with Gasteiger partial charge in [-0.05, 0) is 75.8 Å². The monoisotopic (exact) mass is 463 g/mol. The van der Waals surface area contributed by atoms with Crippen molar-refractivity contribution in [2.75, 3.05) is 0 Å². The first-order chi connectivity index (χ1) is 15.0. The van der Waals surface area contributed by atoms with Crippen molar-refractivity contribution < 1.29 is 0 Å². The lowest BCUT2D eigenvalue weighted by molar-refractivity contribution is 0.659. The van der Waals surface area contributed by atoms with Crippen molar-refractivity contribution >= 4 is 26.8 Å². The van der Waals surface area contributed by atoms with Crippen LogP contribution in [0.1, 0.15) is 25.0 Å². The van der Waals surface area contributed by atoms with Gasteiger partial charge in [0, 0.05) is 27.2 Å². The largest absolute Gasteiger partial charge is 0.317 e. The molecule has 0 aliphatic heterocycles. The van der Waals surface area contributed by atoms with Gasteiger partial charge >= 0.3 is 0 Å². The summed E-state index contributed by atoms with van der Waals surface area (Å²) in [5, 5.41) is 1.26. The predicted octanol–water partition coefficient (Wildman–Crippen LogP) is 8.37. The topological polar surface area (TPSA) is 4.93 Å². The molecule has 0 saturated carbocycles. The summed E-state index contributed by atoms with van der Waals surface area (Å²) < 4.78 is 3.44. The van der Waals surface area contributed by atoms with Gasteiger partial charge in [-0.3, -0.25) is 0 Å². The van der Waals surface area contributed by atoms with Crippen molar-refractivity contribution in [3.63, 3.8) is 0 Å². The van der Waals surface area contributed by atoms with Crippen molar-refractivity contribution in [2.45, 2.75) is 19.3 Å². The van der Waals surface area contributed by atoms with Gasteiger partial charge in [0.2, 0.25) is 0 Å². The molecule has 1 aromatic heterocycles. The maximum Gasteiger partial charge on any atom is 0.0528 e. The fourth-order valence-electron chi connectivity index (χ4n) is 5.03. The van der Waals surface area contributed by atoms with Gasteiger partial charge in [0.1, 0.15) is 0 Å². The molecule has 0 N–H and O–H groups in total. The molecule has 150 valence electrons. The second-order valence-corrected chi connectivity index (χ2v) is 9.79. The van der Waals surface area contributed by atoms with E-state index >= 15 is 0 Å². The quantitative estimate of drug-likeness (QED) is 0.247. The number of aromatic nitrogens is 1. The molecule has 1 aliphatic carbocycles. The Balaban J connectivity index is 1.47. The Morgan fingerprint density at radius 2 is 1.42 bits per heavy atom. The summed E-state index contributed by atoms with van der Waals surface area (Å²) in [4.78, 5) is 0. The second kappa shape index (κ2) is 6.70. The minimum absolute atomic E-state index is 0.0199. The van der Waals surface area contributed by atoms with E-state index in [0.717, 1.165) is 4.47 Å². The van der Waals surface area contributed by atoms with Crippen LogP contribution in [0.3, 0.4) is 0 Å². The average Bonchev–Trinajstić information content (AvgIpc) is 3.31. The molecule has 6 rings (SSSR count). The summed E-state index contributed by atoms with van der Waals surface area (Å²) in [5.41, 5.74) is 10.4. The van der Waals surface area contributed by atoms with Crippen LogP contribution in [-0.4, -0.2) is 4.57 Å². The van der Waals surface area contributed by atoms with E-state index in [-0.39, 0.29) is 5.41 Å². The molecule has 2 heteroatoms. The highest BCUT2D eigenvalue weighted by Gasteiger charge is 2.35. The maximum atomic E-state index is 3.65. The standard InChI is InChI=1S/C29H22BrN/c1-29(2)26-17-22(30)9-11-24(26)25-12-10-23(18-27(25)29)31-15-14-21-16-20(8-13-28(21)31)19-6-4-3-5-7-19/h3-18H,1-2H3. The number of benzene rings is 4. The van der Waals surface area contributed by atoms with Gasteiger partial charge in [0.15, 0.2) is 0 Å². The lowest BCUT2D eigenvalue weighted by atomic mass is 9.82. The Bertz CT molecular complexity index is 1460. The van der Waals surface area contributed by atoms with E-state index in [2.05, 4.69) is 132 Å². The zero-order chi connectivity index (χ0) is 21.2. The van der Waals surface area contributed by atoms with Crippen molar-refractivity contribution in [2.24, 2.45) is 0 Å². The van der Waals surface area contributed by atoms with E-state index in [1.165, 1.54) is 50.0 Å². The molecule has 0 saturated heterocycles. The van der Waals surface area contributed by atoms with E-state index in [1.54, 1.807) is 0 Å². The predicted molar refractivity (Wildman–Crippen MR) is 134 cm³/mol. The minimum atomic E-state index is -0.0199. The highest BCUT2D eigenvalue weighted by atomic mass is 79.9. The first-order valence-electron chi connectivity index (χ1n) is 10.6. The smallest absolute Gasteiger partial charge is 0.0528 e. The molecule has 1 heterocycles. The third-order valence-corrected chi connectivity index (χ3v) is 7.19. The summed E-state index contributed by atoms with van der Waals surface area (Å²) in [6, 6.07) is 33.1. The van der Waals surface area contributed by atoms with Gasteiger partial charge in [-0.15, -0.1) is 0 Å². The second-order valence-electron chi connectivity index (χ2n) is 8.87. The van der Waals surface area contributed by atoms with Gasteiger partial charge in [-0.25, -0.2) is 0 Å². The third-order valence-electron chi connectivity index (χ3n) is 6.70. The molecular weight excluding hydrogens is 442 g/mol. The van der Waals surface area contributed by atoms with Crippen molar-refractivity contribution in [1.82, 2.24) is 4.57 Å². The Hall–Kier alpha value is -3.10. The Morgan fingerprint density at radius 1 is 0.677 bits per heavy atom. The van der Waals surface area contributed by atoms with Crippen LogP contribution in [0.5, 0.6) is 0 Å². The highest BCUT2D eigenvalue weighted by Crippen LogP contribution is 2.49. The van der Waals surface area contributed by atoms with Crippen LogP contribution in [0.15, 0.2) is 102 Å². The summed E-state index contributed by atoms with van der Waals surface area (Å²) in [5.74, 6) is 0. The normalized spacial score (nSPS) is 13.9. The molecule has 31 heavy (non-hydrogen) atoms. The third kappa shape index (κ3) is 2.82. The zero-order valence-corrected chi connectivity index (χ0v) is 19.1. The molecule has 5 aromatic rings. The van der Waals surface area contributed by atoms with Crippen LogP contribution in [0.25, 0.3) is 38.8 Å². The van der Waals surface area contributed by atoms with Gasteiger partial charge in [-0.2, -0.15) is 0 Å².